The summed E-state index contributed by atoms with van der Waals surface area (Å²) in [5.41, 5.74) is 5.60. The second kappa shape index (κ2) is 10.6. The van der Waals surface area contributed by atoms with Crippen LogP contribution in [0.15, 0.2) is 91.3 Å². The highest BCUT2D eigenvalue weighted by Crippen LogP contribution is 2.29. The number of carbonyl (C=O) groups excluding carboxylic acids is 1. The molecule has 2 heterocycles. The second-order valence-corrected chi connectivity index (χ2v) is 8.97. The highest BCUT2D eigenvalue weighted by Gasteiger charge is 2.23. The summed E-state index contributed by atoms with van der Waals surface area (Å²) >= 11 is 0. The van der Waals surface area contributed by atoms with E-state index < -0.39 is 0 Å². The molecule has 35 heavy (non-hydrogen) atoms. The summed E-state index contributed by atoms with van der Waals surface area (Å²) in [4.78, 5) is 17.0. The van der Waals surface area contributed by atoms with Crippen molar-refractivity contribution < 1.29 is 9.53 Å². The van der Waals surface area contributed by atoms with E-state index in [9.17, 15) is 4.79 Å². The van der Waals surface area contributed by atoms with Crippen molar-refractivity contribution in [3.63, 3.8) is 0 Å². The van der Waals surface area contributed by atoms with Gasteiger partial charge < -0.3 is 9.64 Å². The van der Waals surface area contributed by atoms with Crippen molar-refractivity contribution in [2.45, 2.75) is 20.1 Å². The van der Waals surface area contributed by atoms with E-state index in [4.69, 9.17) is 4.74 Å². The maximum atomic E-state index is 12.7. The monoisotopic (exact) mass is 466 g/mol. The second-order valence-electron chi connectivity index (χ2n) is 8.97. The quantitative estimate of drug-likeness (QED) is 0.391. The van der Waals surface area contributed by atoms with Gasteiger partial charge in [-0.15, -0.1) is 0 Å². The van der Waals surface area contributed by atoms with Crippen LogP contribution in [-0.2, 0) is 13.2 Å². The molecule has 1 amide bonds. The van der Waals surface area contributed by atoms with Crippen LogP contribution in [0.3, 0.4) is 0 Å². The van der Waals surface area contributed by atoms with Crippen LogP contribution < -0.4 is 4.74 Å². The molecule has 0 radical (unpaired) electrons. The SMILES string of the molecule is Cc1cnn(C(=O)N2CCN(Cc3ccc(-c4ccccc4)cc3OCc3ccccc3)CC2)c1. The minimum atomic E-state index is -0.0585. The van der Waals surface area contributed by atoms with Crippen LogP contribution in [-0.4, -0.2) is 51.8 Å². The molecule has 4 aromatic rings. The molecule has 0 spiro atoms. The first-order chi connectivity index (χ1) is 17.2. The summed E-state index contributed by atoms with van der Waals surface area (Å²) in [7, 11) is 0. The number of amides is 1. The molecule has 5 rings (SSSR count). The van der Waals surface area contributed by atoms with Gasteiger partial charge >= 0.3 is 6.03 Å². The highest BCUT2D eigenvalue weighted by atomic mass is 16.5. The van der Waals surface area contributed by atoms with Gasteiger partial charge in [-0.1, -0.05) is 72.8 Å². The predicted octanol–water partition coefficient (Wildman–Crippen LogP) is 5.22. The van der Waals surface area contributed by atoms with E-state index in [2.05, 4.69) is 64.6 Å². The summed E-state index contributed by atoms with van der Waals surface area (Å²) < 4.78 is 7.78. The van der Waals surface area contributed by atoms with Crippen LogP contribution in [0, 0.1) is 6.92 Å². The Morgan fingerprint density at radius 2 is 1.60 bits per heavy atom. The number of hydrogen-bond donors (Lipinski definition) is 0. The smallest absolute Gasteiger partial charge is 0.344 e. The zero-order chi connectivity index (χ0) is 24.0. The number of rotatable bonds is 6. The molecule has 0 unspecified atom stereocenters. The molecule has 0 N–H and O–H groups in total. The predicted molar refractivity (Wildman–Crippen MR) is 137 cm³/mol. The summed E-state index contributed by atoms with van der Waals surface area (Å²) in [6.45, 7) is 6.23. The standard InChI is InChI=1S/C29H30N4O2/c1-23-19-30-33(20-23)29(34)32-16-14-31(15-17-32)21-27-13-12-26(25-10-6-3-7-11-25)18-28(27)35-22-24-8-4-2-5-9-24/h2-13,18-20H,14-17,21-22H2,1H3. The lowest BCUT2D eigenvalue weighted by Gasteiger charge is -2.34. The fourth-order valence-corrected chi connectivity index (χ4v) is 4.37. The Kier molecular flexibility index (Phi) is 6.91. The third-order valence-electron chi connectivity index (χ3n) is 6.36. The third-order valence-corrected chi connectivity index (χ3v) is 6.36. The number of carbonyl (C=O) groups is 1. The van der Waals surface area contributed by atoms with Crippen molar-refractivity contribution in [2.24, 2.45) is 0 Å². The Bertz CT molecular complexity index is 1260. The minimum absolute atomic E-state index is 0.0585. The van der Waals surface area contributed by atoms with Crippen LogP contribution >= 0.6 is 0 Å². The Hall–Kier alpha value is -3.90. The van der Waals surface area contributed by atoms with Gasteiger partial charge in [0, 0.05) is 44.5 Å². The maximum Gasteiger partial charge on any atom is 0.344 e. The topological polar surface area (TPSA) is 50.6 Å². The first kappa shape index (κ1) is 22.9. The van der Waals surface area contributed by atoms with Crippen molar-refractivity contribution in [3.8, 4) is 16.9 Å². The van der Waals surface area contributed by atoms with Crippen LogP contribution in [0.4, 0.5) is 4.79 Å². The number of aromatic nitrogens is 2. The lowest BCUT2D eigenvalue weighted by atomic mass is 10.0. The Balaban J connectivity index is 1.29. The molecule has 1 fully saturated rings. The van der Waals surface area contributed by atoms with Gasteiger partial charge in [-0.05, 0) is 35.2 Å². The minimum Gasteiger partial charge on any atom is -0.489 e. The molecule has 1 aliphatic rings. The molecular formula is C29H30N4O2. The molecule has 6 heteroatoms. The zero-order valence-corrected chi connectivity index (χ0v) is 20.0. The van der Waals surface area contributed by atoms with Crippen molar-refractivity contribution in [1.82, 2.24) is 19.6 Å². The number of piperazine rings is 1. The van der Waals surface area contributed by atoms with Gasteiger partial charge in [-0.3, -0.25) is 4.90 Å². The van der Waals surface area contributed by atoms with Crippen LogP contribution in [0.25, 0.3) is 11.1 Å². The molecule has 178 valence electrons. The van der Waals surface area contributed by atoms with Gasteiger partial charge in [0.1, 0.15) is 12.4 Å². The number of aryl methyl sites for hydroxylation is 1. The number of nitrogens with zero attached hydrogens (tertiary/aromatic N) is 4. The van der Waals surface area contributed by atoms with E-state index in [0.717, 1.165) is 47.6 Å². The molecule has 1 aliphatic heterocycles. The van der Waals surface area contributed by atoms with Gasteiger partial charge in [-0.2, -0.15) is 9.78 Å². The molecule has 1 saturated heterocycles. The fraction of sp³-hybridized carbons (Fsp3) is 0.241. The number of hydrogen-bond acceptors (Lipinski definition) is 4. The van der Waals surface area contributed by atoms with E-state index in [-0.39, 0.29) is 6.03 Å². The molecule has 0 aliphatic carbocycles. The average molecular weight is 467 g/mol. The van der Waals surface area contributed by atoms with E-state index in [1.54, 1.807) is 12.4 Å². The largest absolute Gasteiger partial charge is 0.489 e. The highest BCUT2D eigenvalue weighted by molar-refractivity contribution is 5.76. The van der Waals surface area contributed by atoms with Crippen LogP contribution in [0.1, 0.15) is 16.7 Å². The van der Waals surface area contributed by atoms with Gasteiger partial charge in [0.25, 0.3) is 0 Å². The van der Waals surface area contributed by atoms with E-state index in [1.165, 1.54) is 10.2 Å². The van der Waals surface area contributed by atoms with Gasteiger partial charge in [0.2, 0.25) is 0 Å². The van der Waals surface area contributed by atoms with Crippen LogP contribution in [0.2, 0.25) is 0 Å². The summed E-state index contributed by atoms with van der Waals surface area (Å²) in [6.07, 6.45) is 3.49. The van der Waals surface area contributed by atoms with Crippen molar-refractivity contribution in [1.29, 1.82) is 0 Å². The summed E-state index contributed by atoms with van der Waals surface area (Å²) in [5.74, 6) is 0.903. The summed E-state index contributed by atoms with van der Waals surface area (Å²) in [6, 6.07) is 27.0. The van der Waals surface area contributed by atoms with E-state index in [0.29, 0.717) is 19.7 Å². The third kappa shape index (κ3) is 5.61. The average Bonchev–Trinajstić information content (AvgIpc) is 3.35. The maximum absolute atomic E-state index is 12.7. The lowest BCUT2D eigenvalue weighted by Crippen LogP contribution is -2.49. The molecule has 6 nitrogen and oxygen atoms in total. The Morgan fingerprint density at radius 3 is 2.29 bits per heavy atom. The molecule has 0 atom stereocenters. The molecule has 0 saturated carbocycles. The summed E-state index contributed by atoms with van der Waals surface area (Å²) in [5, 5.41) is 4.16. The lowest BCUT2D eigenvalue weighted by molar-refractivity contribution is 0.133. The number of ether oxygens (including phenoxy) is 1. The van der Waals surface area contributed by atoms with E-state index in [1.807, 2.05) is 36.1 Å². The fourth-order valence-electron chi connectivity index (χ4n) is 4.37. The first-order valence-electron chi connectivity index (χ1n) is 12.0. The van der Waals surface area contributed by atoms with E-state index >= 15 is 0 Å². The van der Waals surface area contributed by atoms with Gasteiger partial charge in [0.05, 0.1) is 6.20 Å². The molecular weight excluding hydrogens is 436 g/mol. The molecule has 1 aromatic heterocycles. The number of benzene rings is 3. The van der Waals surface area contributed by atoms with Gasteiger partial charge in [-0.25, -0.2) is 4.79 Å². The molecule has 0 bridgehead atoms. The van der Waals surface area contributed by atoms with Crippen LogP contribution in [0.5, 0.6) is 5.75 Å². The van der Waals surface area contributed by atoms with Crippen molar-refractivity contribution in [2.75, 3.05) is 26.2 Å². The van der Waals surface area contributed by atoms with Crippen molar-refractivity contribution >= 4 is 6.03 Å². The van der Waals surface area contributed by atoms with Gasteiger partial charge in [0.15, 0.2) is 0 Å². The Morgan fingerprint density at radius 1 is 0.886 bits per heavy atom. The molecule has 3 aromatic carbocycles. The Labute approximate surface area is 206 Å². The van der Waals surface area contributed by atoms with Crippen molar-refractivity contribution in [3.05, 3.63) is 108 Å². The zero-order valence-electron chi connectivity index (χ0n) is 20.0. The first-order valence-corrected chi connectivity index (χ1v) is 12.0. The normalized spacial score (nSPS) is 14.1.